The minimum absolute atomic E-state index is 0.0622. The van der Waals surface area contributed by atoms with Crippen LogP contribution in [0.3, 0.4) is 0 Å². The van der Waals surface area contributed by atoms with Crippen molar-refractivity contribution in [1.82, 2.24) is 0 Å². The van der Waals surface area contributed by atoms with Crippen molar-refractivity contribution in [1.29, 1.82) is 0 Å². The van der Waals surface area contributed by atoms with E-state index in [2.05, 4.69) is 0 Å². The van der Waals surface area contributed by atoms with Crippen LogP contribution in [0.5, 0.6) is 11.5 Å². The molecule has 0 aliphatic rings. The van der Waals surface area contributed by atoms with Crippen molar-refractivity contribution < 1.29 is 23.8 Å². The van der Waals surface area contributed by atoms with Crippen LogP contribution >= 0.6 is 0 Å². The standard InChI is InChI=1S/C21H20O6/c1-3-14-9-17-15(10-20(23)27-19(17)11-18(14)22)12-25-21(24)13(2)26-16-7-5-4-6-8-16/h4-11,13,22H,3,12H2,1-2H3/t13-/m0/s1. The molecule has 3 aromatic rings. The first-order valence-electron chi connectivity index (χ1n) is 8.65. The summed E-state index contributed by atoms with van der Waals surface area (Å²) in [6.07, 6.45) is -0.184. The summed E-state index contributed by atoms with van der Waals surface area (Å²) in [5.74, 6) is 0.0812. The lowest BCUT2D eigenvalue weighted by Crippen LogP contribution is -2.26. The number of rotatable bonds is 6. The molecular weight excluding hydrogens is 348 g/mol. The zero-order valence-electron chi connectivity index (χ0n) is 15.1. The van der Waals surface area contributed by atoms with E-state index in [9.17, 15) is 14.7 Å². The van der Waals surface area contributed by atoms with Gasteiger partial charge in [-0.25, -0.2) is 9.59 Å². The number of carbonyl (C=O) groups is 1. The minimum atomic E-state index is -0.797. The van der Waals surface area contributed by atoms with Crippen LogP contribution in [0, 0.1) is 0 Å². The Kier molecular flexibility index (Phi) is 5.45. The van der Waals surface area contributed by atoms with Crippen LogP contribution in [-0.2, 0) is 22.6 Å². The van der Waals surface area contributed by atoms with Crippen molar-refractivity contribution in [3.8, 4) is 11.5 Å². The molecule has 6 heteroatoms. The molecule has 1 aromatic heterocycles. The van der Waals surface area contributed by atoms with E-state index in [1.807, 2.05) is 25.1 Å². The zero-order chi connectivity index (χ0) is 19.4. The van der Waals surface area contributed by atoms with Crippen LogP contribution in [0.1, 0.15) is 25.0 Å². The number of benzene rings is 2. The molecule has 0 amide bonds. The number of fused-ring (bicyclic) bond motifs is 1. The SMILES string of the molecule is CCc1cc2c(COC(=O)[C@H](C)Oc3ccccc3)cc(=O)oc2cc1O. The number of para-hydroxylation sites is 1. The van der Waals surface area contributed by atoms with Crippen LogP contribution in [0.2, 0.25) is 0 Å². The van der Waals surface area contributed by atoms with E-state index in [1.54, 1.807) is 25.1 Å². The van der Waals surface area contributed by atoms with Crippen molar-refractivity contribution in [2.45, 2.75) is 33.0 Å². The molecule has 140 valence electrons. The van der Waals surface area contributed by atoms with E-state index in [1.165, 1.54) is 12.1 Å². The average Bonchev–Trinajstić information content (AvgIpc) is 2.65. The topological polar surface area (TPSA) is 86.0 Å². The Morgan fingerprint density at radius 1 is 1.15 bits per heavy atom. The molecule has 1 N–H and O–H groups in total. The maximum atomic E-state index is 12.2. The van der Waals surface area contributed by atoms with Crippen LogP contribution in [-0.4, -0.2) is 17.2 Å². The number of aromatic hydroxyl groups is 1. The summed E-state index contributed by atoms with van der Waals surface area (Å²) in [5, 5.41) is 10.6. The smallest absolute Gasteiger partial charge is 0.347 e. The van der Waals surface area contributed by atoms with Gasteiger partial charge in [-0.05, 0) is 37.1 Å². The van der Waals surface area contributed by atoms with Gasteiger partial charge in [-0.15, -0.1) is 0 Å². The summed E-state index contributed by atoms with van der Waals surface area (Å²) in [7, 11) is 0. The Hall–Kier alpha value is -3.28. The second-order valence-electron chi connectivity index (χ2n) is 6.10. The van der Waals surface area contributed by atoms with Gasteiger partial charge in [0.15, 0.2) is 6.10 Å². The van der Waals surface area contributed by atoms with Gasteiger partial charge in [0.1, 0.15) is 23.7 Å². The number of esters is 1. The molecular formula is C21H20O6. The van der Waals surface area contributed by atoms with Gasteiger partial charge in [0, 0.05) is 23.1 Å². The van der Waals surface area contributed by atoms with E-state index in [0.29, 0.717) is 28.7 Å². The van der Waals surface area contributed by atoms with Gasteiger partial charge in [-0.2, -0.15) is 0 Å². The fourth-order valence-corrected chi connectivity index (χ4v) is 2.73. The third-order valence-corrected chi connectivity index (χ3v) is 4.17. The molecule has 0 aliphatic carbocycles. The summed E-state index contributed by atoms with van der Waals surface area (Å²) in [6, 6.07) is 13.4. The van der Waals surface area contributed by atoms with Gasteiger partial charge in [0.25, 0.3) is 0 Å². The molecule has 0 bridgehead atoms. The van der Waals surface area contributed by atoms with Gasteiger partial charge in [0.05, 0.1) is 0 Å². The van der Waals surface area contributed by atoms with Crippen molar-refractivity contribution >= 4 is 16.9 Å². The number of phenols is 1. The normalized spacial score (nSPS) is 11.9. The summed E-state index contributed by atoms with van der Waals surface area (Å²) >= 11 is 0. The maximum Gasteiger partial charge on any atom is 0.347 e. The van der Waals surface area contributed by atoms with E-state index in [0.717, 1.165) is 0 Å². The third kappa shape index (κ3) is 4.28. The first-order chi connectivity index (χ1) is 13.0. The first kappa shape index (κ1) is 18.5. The molecule has 0 saturated carbocycles. The van der Waals surface area contributed by atoms with Gasteiger partial charge in [0.2, 0.25) is 0 Å². The summed E-state index contributed by atoms with van der Waals surface area (Å²) in [5.41, 5.74) is 0.892. The largest absolute Gasteiger partial charge is 0.508 e. The summed E-state index contributed by atoms with van der Waals surface area (Å²) < 4.78 is 16.0. The first-order valence-corrected chi connectivity index (χ1v) is 8.65. The highest BCUT2D eigenvalue weighted by Crippen LogP contribution is 2.27. The zero-order valence-corrected chi connectivity index (χ0v) is 15.1. The molecule has 3 rings (SSSR count). The van der Waals surface area contributed by atoms with E-state index in [4.69, 9.17) is 13.9 Å². The summed E-state index contributed by atoms with van der Waals surface area (Å²) in [4.78, 5) is 24.0. The van der Waals surface area contributed by atoms with Gasteiger partial charge < -0.3 is 19.0 Å². The Morgan fingerprint density at radius 2 is 1.89 bits per heavy atom. The van der Waals surface area contributed by atoms with Crippen molar-refractivity contribution in [3.05, 3.63) is 70.1 Å². The molecule has 27 heavy (non-hydrogen) atoms. The van der Waals surface area contributed by atoms with Gasteiger partial charge >= 0.3 is 11.6 Å². The number of phenolic OH excluding ortho intramolecular Hbond substituents is 1. The number of hydrogen-bond acceptors (Lipinski definition) is 6. The number of aryl methyl sites for hydroxylation is 1. The van der Waals surface area contributed by atoms with Gasteiger partial charge in [-0.3, -0.25) is 0 Å². The lowest BCUT2D eigenvalue weighted by Gasteiger charge is -2.14. The molecule has 2 aromatic carbocycles. The molecule has 1 heterocycles. The number of hydrogen-bond donors (Lipinski definition) is 1. The molecule has 0 fully saturated rings. The Morgan fingerprint density at radius 3 is 2.59 bits per heavy atom. The quantitative estimate of drug-likeness (QED) is 0.529. The lowest BCUT2D eigenvalue weighted by molar-refractivity contribution is -0.152. The maximum absolute atomic E-state index is 12.2. The van der Waals surface area contributed by atoms with Crippen molar-refractivity contribution in [2.75, 3.05) is 0 Å². The molecule has 0 aliphatic heterocycles. The Balaban J connectivity index is 1.78. The number of carbonyl (C=O) groups excluding carboxylic acids is 1. The highest BCUT2D eigenvalue weighted by molar-refractivity contribution is 5.83. The van der Waals surface area contributed by atoms with Crippen LogP contribution in [0.15, 0.2) is 57.7 Å². The fraction of sp³-hybridized carbons (Fsp3) is 0.238. The van der Waals surface area contributed by atoms with Crippen LogP contribution in [0.4, 0.5) is 0 Å². The van der Waals surface area contributed by atoms with E-state index >= 15 is 0 Å². The third-order valence-electron chi connectivity index (χ3n) is 4.17. The molecule has 6 nitrogen and oxygen atoms in total. The average molecular weight is 368 g/mol. The number of ether oxygens (including phenoxy) is 2. The molecule has 0 unspecified atom stereocenters. The highest BCUT2D eigenvalue weighted by atomic mass is 16.6. The second kappa shape index (κ2) is 7.95. The van der Waals surface area contributed by atoms with E-state index in [-0.39, 0.29) is 17.9 Å². The predicted molar refractivity (Wildman–Crippen MR) is 99.9 cm³/mol. The van der Waals surface area contributed by atoms with Crippen LogP contribution in [0.25, 0.3) is 11.0 Å². The fourth-order valence-electron chi connectivity index (χ4n) is 2.73. The Labute approximate surface area is 156 Å². The van der Waals surface area contributed by atoms with E-state index < -0.39 is 17.7 Å². The van der Waals surface area contributed by atoms with Gasteiger partial charge in [-0.1, -0.05) is 25.1 Å². The second-order valence-corrected chi connectivity index (χ2v) is 6.10. The Bertz CT molecular complexity index is 1010. The summed E-state index contributed by atoms with van der Waals surface area (Å²) in [6.45, 7) is 3.40. The molecule has 0 saturated heterocycles. The molecule has 0 radical (unpaired) electrons. The minimum Gasteiger partial charge on any atom is -0.508 e. The monoisotopic (exact) mass is 368 g/mol. The van der Waals surface area contributed by atoms with Crippen LogP contribution < -0.4 is 10.4 Å². The lowest BCUT2D eigenvalue weighted by atomic mass is 10.0. The van der Waals surface area contributed by atoms with Crippen molar-refractivity contribution in [3.63, 3.8) is 0 Å². The molecule has 0 spiro atoms. The predicted octanol–water partition coefficient (Wildman–Crippen LogP) is 3.57. The molecule has 1 atom stereocenters. The highest BCUT2D eigenvalue weighted by Gasteiger charge is 2.18. The van der Waals surface area contributed by atoms with Crippen molar-refractivity contribution in [2.24, 2.45) is 0 Å².